The first kappa shape index (κ1) is 15.0. The van der Waals surface area contributed by atoms with Gasteiger partial charge in [-0.3, -0.25) is 9.59 Å². The lowest BCUT2D eigenvalue weighted by atomic mass is 10.2. The van der Waals surface area contributed by atoms with Gasteiger partial charge in [0.05, 0.1) is 0 Å². The zero-order valence-corrected chi connectivity index (χ0v) is 12.2. The van der Waals surface area contributed by atoms with Gasteiger partial charge >= 0.3 is 0 Å². The van der Waals surface area contributed by atoms with Crippen LogP contribution in [0.3, 0.4) is 0 Å². The molecule has 0 aliphatic carbocycles. The first-order valence-corrected chi connectivity index (χ1v) is 6.99. The van der Waals surface area contributed by atoms with Crippen LogP contribution < -0.4 is 10.2 Å². The van der Waals surface area contributed by atoms with E-state index in [-0.39, 0.29) is 11.8 Å². The summed E-state index contributed by atoms with van der Waals surface area (Å²) in [6.07, 6.45) is 2.93. The van der Waals surface area contributed by atoms with Crippen molar-refractivity contribution in [1.29, 1.82) is 0 Å². The average molecular weight is 288 g/mol. The van der Waals surface area contributed by atoms with Crippen LogP contribution in [0.4, 0.5) is 5.82 Å². The van der Waals surface area contributed by atoms with Crippen LogP contribution in [0.1, 0.15) is 6.92 Å². The lowest BCUT2D eigenvalue weighted by molar-refractivity contribution is -0.135. The number of hydrogen-bond donors (Lipinski definition) is 1. The van der Waals surface area contributed by atoms with Gasteiger partial charge in [-0.1, -0.05) is 12.6 Å². The van der Waals surface area contributed by atoms with Gasteiger partial charge in [-0.15, -0.1) is 0 Å². The molecule has 1 aliphatic rings. The third-order valence-corrected chi connectivity index (χ3v) is 3.48. The van der Waals surface area contributed by atoms with Crippen molar-refractivity contribution in [3.05, 3.63) is 37.1 Å². The Morgan fingerprint density at radius 3 is 2.62 bits per heavy atom. The van der Waals surface area contributed by atoms with Crippen LogP contribution in [0.25, 0.3) is 0 Å². The molecule has 2 amide bonds. The van der Waals surface area contributed by atoms with Crippen molar-refractivity contribution in [1.82, 2.24) is 15.2 Å². The summed E-state index contributed by atoms with van der Waals surface area (Å²) in [5, 5.41) is 2.60. The number of hydrogen-bond acceptors (Lipinski definition) is 4. The zero-order chi connectivity index (χ0) is 15.2. The molecule has 1 saturated heterocycles. The van der Waals surface area contributed by atoms with Crippen LogP contribution in [0.2, 0.25) is 0 Å². The summed E-state index contributed by atoms with van der Waals surface area (Å²) >= 11 is 0. The Hall–Kier alpha value is -2.37. The Morgan fingerprint density at radius 2 is 2.05 bits per heavy atom. The number of amides is 2. The summed E-state index contributed by atoms with van der Waals surface area (Å²) in [7, 11) is 0. The Morgan fingerprint density at radius 1 is 1.33 bits per heavy atom. The molecule has 2 heterocycles. The fourth-order valence-corrected chi connectivity index (χ4v) is 2.30. The number of rotatable bonds is 4. The maximum Gasteiger partial charge on any atom is 0.244 e. The first-order chi connectivity index (χ1) is 10.1. The third kappa shape index (κ3) is 3.81. The normalized spacial score (nSPS) is 16.2. The second-order valence-electron chi connectivity index (χ2n) is 4.93. The van der Waals surface area contributed by atoms with E-state index in [0.29, 0.717) is 13.1 Å². The van der Waals surface area contributed by atoms with Gasteiger partial charge in [-0.05, 0) is 25.1 Å². The average Bonchev–Trinajstić information content (AvgIpc) is 2.55. The van der Waals surface area contributed by atoms with Crippen LogP contribution in [-0.2, 0) is 9.59 Å². The van der Waals surface area contributed by atoms with Gasteiger partial charge in [0, 0.05) is 32.4 Å². The van der Waals surface area contributed by atoms with Crippen LogP contribution >= 0.6 is 0 Å². The van der Waals surface area contributed by atoms with Gasteiger partial charge in [0.15, 0.2) is 0 Å². The molecular weight excluding hydrogens is 268 g/mol. The first-order valence-electron chi connectivity index (χ1n) is 6.99. The van der Waals surface area contributed by atoms with Crippen LogP contribution in [0, 0.1) is 0 Å². The molecule has 0 radical (unpaired) electrons. The molecule has 6 heteroatoms. The molecule has 0 bridgehead atoms. The van der Waals surface area contributed by atoms with E-state index in [0.717, 1.165) is 18.9 Å². The quantitative estimate of drug-likeness (QED) is 0.816. The molecule has 0 spiro atoms. The summed E-state index contributed by atoms with van der Waals surface area (Å²) in [4.78, 5) is 31.7. The summed E-state index contributed by atoms with van der Waals surface area (Å²) in [5.41, 5.74) is 0. The third-order valence-electron chi connectivity index (χ3n) is 3.48. The molecule has 1 aromatic heterocycles. The van der Waals surface area contributed by atoms with Crippen LogP contribution in [0.15, 0.2) is 37.1 Å². The molecule has 1 aromatic rings. The molecule has 2 rings (SSSR count). The number of aromatic nitrogens is 1. The maximum absolute atomic E-state index is 12.2. The van der Waals surface area contributed by atoms with Crippen molar-refractivity contribution in [2.75, 3.05) is 31.1 Å². The minimum atomic E-state index is -0.531. The van der Waals surface area contributed by atoms with E-state index in [1.165, 1.54) is 6.08 Å². The lowest BCUT2D eigenvalue weighted by Crippen LogP contribution is -2.54. The van der Waals surface area contributed by atoms with Crippen LogP contribution in [-0.4, -0.2) is 53.9 Å². The monoisotopic (exact) mass is 288 g/mol. The lowest BCUT2D eigenvalue weighted by Gasteiger charge is -2.36. The standard InChI is InChI=1S/C15H20N4O2/c1-3-14(20)17-12(2)15(21)19-10-8-18(9-11-19)13-6-4-5-7-16-13/h3-7,12H,1,8-11H2,2H3,(H,17,20). The summed E-state index contributed by atoms with van der Waals surface area (Å²) in [5.74, 6) is 0.534. The van der Waals surface area contributed by atoms with E-state index < -0.39 is 6.04 Å². The van der Waals surface area contributed by atoms with Gasteiger partial charge in [0.1, 0.15) is 11.9 Å². The topological polar surface area (TPSA) is 65.5 Å². The van der Waals surface area contributed by atoms with Gasteiger partial charge in [0.2, 0.25) is 11.8 Å². The fourth-order valence-electron chi connectivity index (χ4n) is 2.30. The number of carbonyl (C=O) groups excluding carboxylic acids is 2. The van der Waals surface area contributed by atoms with Crippen molar-refractivity contribution in [2.45, 2.75) is 13.0 Å². The Balaban J connectivity index is 1.87. The van der Waals surface area contributed by atoms with Gasteiger partial charge < -0.3 is 15.1 Å². The predicted molar refractivity (Wildman–Crippen MR) is 80.8 cm³/mol. The molecule has 112 valence electrons. The van der Waals surface area contributed by atoms with E-state index in [9.17, 15) is 9.59 Å². The number of carbonyl (C=O) groups is 2. The van der Waals surface area contributed by atoms with E-state index >= 15 is 0 Å². The summed E-state index contributed by atoms with van der Waals surface area (Å²) in [6, 6.07) is 5.27. The Bertz CT molecular complexity index is 510. The van der Waals surface area contributed by atoms with Gasteiger partial charge in [0.25, 0.3) is 0 Å². The second kappa shape index (κ2) is 6.88. The highest BCUT2D eigenvalue weighted by molar-refractivity contribution is 5.92. The highest BCUT2D eigenvalue weighted by Gasteiger charge is 2.25. The van der Waals surface area contributed by atoms with Crippen LogP contribution in [0.5, 0.6) is 0 Å². The predicted octanol–water partition coefficient (Wildman–Crippen LogP) is 0.421. The molecule has 1 aliphatic heterocycles. The smallest absolute Gasteiger partial charge is 0.244 e. The minimum absolute atomic E-state index is 0.0640. The number of piperazine rings is 1. The molecular formula is C15H20N4O2. The van der Waals surface area contributed by atoms with Crippen molar-refractivity contribution < 1.29 is 9.59 Å². The summed E-state index contributed by atoms with van der Waals surface area (Å²) < 4.78 is 0. The van der Waals surface area contributed by atoms with E-state index in [4.69, 9.17) is 0 Å². The highest BCUT2D eigenvalue weighted by Crippen LogP contribution is 2.13. The molecule has 21 heavy (non-hydrogen) atoms. The van der Waals surface area contributed by atoms with E-state index in [1.54, 1.807) is 18.0 Å². The second-order valence-corrected chi connectivity index (χ2v) is 4.93. The minimum Gasteiger partial charge on any atom is -0.353 e. The number of nitrogens with one attached hydrogen (secondary N) is 1. The molecule has 6 nitrogen and oxygen atoms in total. The number of nitrogens with zero attached hydrogens (tertiary/aromatic N) is 3. The molecule has 1 N–H and O–H groups in total. The number of anilines is 1. The zero-order valence-electron chi connectivity index (χ0n) is 12.2. The highest BCUT2D eigenvalue weighted by atomic mass is 16.2. The Labute approximate surface area is 124 Å². The van der Waals surface area contributed by atoms with Crippen molar-refractivity contribution in [2.24, 2.45) is 0 Å². The van der Waals surface area contributed by atoms with Crippen molar-refractivity contribution >= 4 is 17.6 Å². The molecule has 0 saturated carbocycles. The fraction of sp³-hybridized carbons (Fsp3) is 0.400. The van der Waals surface area contributed by atoms with Gasteiger partial charge in [-0.25, -0.2) is 4.98 Å². The largest absolute Gasteiger partial charge is 0.353 e. The molecule has 1 atom stereocenters. The summed E-state index contributed by atoms with van der Waals surface area (Å²) in [6.45, 7) is 7.81. The molecule has 0 aromatic carbocycles. The molecule has 1 fully saturated rings. The maximum atomic E-state index is 12.2. The SMILES string of the molecule is C=CC(=O)NC(C)C(=O)N1CCN(c2ccccn2)CC1. The van der Waals surface area contributed by atoms with Crippen molar-refractivity contribution in [3.63, 3.8) is 0 Å². The molecule has 1 unspecified atom stereocenters. The van der Waals surface area contributed by atoms with E-state index in [2.05, 4.69) is 21.8 Å². The van der Waals surface area contributed by atoms with E-state index in [1.807, 2.05) is 18.2 Å². The number of pyridine rings is 1. The Kier molecular flexibility index (Phi) is 4.92. The van der Waals surface area contributed by atoms with Gasteiger partial charge in [-0.2, -0.15) is 0 Å². The van der Waals surface area contributed by atoms with Crippen molar-refractivity contribution in [3.8, 4) is 0 Å².